The van der Waals surface area contributed by atoms with Crippen molar-refractivity contribution in [2.75, 3.05) is 10.6 Å². The molecule has 1 saturated carbocycles. The number of aryl methyl sites for hydroxylation is 2. The molecule has 1 aromatic carbocycles. The number of carbonyl (C=O) groups is 1. The third-order valence-electron chi connectivity index (χ3n) is 3.76. The highest BCUT2D eigenvalue weighted by Crippen LogP contribution is 2.25. The first-order valence-electron chi connectivity index (χ1n) is 7.07. The fraction of sp³-hybridized carbons (Fsp3) is 0.533. The molecule has 0 bridgehead atoms. The molecule has 0 saturated heterocycles. The highest BCUT2D eigenvalue weighted by molar-refractivity contribution is 7.92. The molecule has 1 fully saturated rings. The van der Waals surface area contributed by atoms with Gasteiger partial charge in [-0.05, 0) is 56.9 Å². The topological polar surface area (TPSA) is 66.5 Å². The van der Waals surface area contributed by atoms with Crippen molar-refractivity contribution in [1.29, 1.82) is 0 Å². The number of hydrogen-bond acceptors (Lipinski definition) is 3. The Morgan fingerprint density at radius 1 is 1.29 bits per heavy atom. The smallest absolute Gasteiger partial charge is 0.243 e. The zero-order chi connectivity index (χ0) is 15.8. The van der Waals surface area contributed by atoms with Gasteiger partial charge in [-0.2, -0.15) is 0 Å². The van der Waals surface area contributed by atoms with Crippen molar-refractivity contribution in [2.45, 2.75) is 45.7 Å². The number of hydrogen-bond donors (Lipinski definition) is 1. The summed E-state index contributed by atoms with van der Waals surface area (Å²) in [6.45, 7) is 5.51. The molecule has 0 radical (unpaired) electrons. The van der Waals surface area contributed by atoms with Gasteiger partial charge in [-0.25, -0.2) is 8.42 Å². The molecule has 1 aliphatic rings. The third-order valence-corrected chi connectivity index (χ3v) is 5.00. The molecule has 1 unspecified atom stereocenters. The molecule has 0 spiro atoms. The molecule has 1 N–H and O–H groups in total. The number of rotatable bonds is 5. The van der Waals surface area contributed by atoms with Gasteiger partial charge in [0.15, 0.2) is 0 Å². The van der Waals surface area contributed by atoms with Crippen LogP contribution < -0.4 is 9.62 Å². The first-order chi connectivity index (χ1) is 9.70. The number of carbonyl (C=O) groups excluding carboxylic acids is 1. The summed E-state index contributed by atoms with van der Waals surface area (Å²) in [6.07, 6.45) is 3.07. The number of benzene rings is 1. The van der Waals surface area contributed by atoms with Crippen LogP contribution in [-0.4, -0.2) is 32.7 Å². The van der Waals surface area contributed by atoms with Gasteiger partial charge in [-0.3, -0.25) is 9.10 Å². The Balaban J connectivity index is 2.33. The van der Waals surface area contributed by atoms with Gasteiger partial charge in [0.2, 0.25) is 15.9 Å². The molecule has 116 valence electrons. The molecule has 0 heterocycles. The predicted octanol–water partition coefficient (Wildman–Crippen LogP) is 1.74. The summed E-state index contributed by atoms with van der Waals surface area (Å²) >= 11 is 0. The van der Waals surface area contributed by atoms with Crippen molar-refractivity contribution < 1.29 is 13.2 Å². The van der Waals surface area contributed by atoms with E-state index in [1.165, 1.54) is 4.31 Å². The summed E-state index contributed by atoms with van der Waals surface area (Å²) in [6, 6.07) is 4.86. The molecule has 2 rings (SSSR count). The lowest BCUT2D eigenvalue weighted by atomic mass is 10.1. The van der Waals surface area contributed by atoms with Crippen molar-refractivity contribution >= 4 is 21.6 Å². The van der Waals surface area contributed by atoms with Crippen LogP contribution in [0.3, 0.4) is 0 Å². The van der Waals surface area contributed by atoms with E-state index in [2.05, 4.69) is 5.32 Å². The number of nitrogens with one attached hydrogen (secondary N) is 1. The van der Waals surface area contributed by atoms with E-state index in [4.69, 9.17) is 0 Å². The Kier molecular flexibility index (Phi) is 4.27. The molecule has 5 nitrogen and oxygen atoms in total. The minimum atomic E-state index is -3.53. The highest BCUT2D eigenvalue weighted by Gasteiger charge is 2.32. The maximum absolute atomic E-state index is 12.2. The van der Waals surface area contributed by atoms with Gasteiger partial charge in [0.05, 0.1) is 11.9 Å². The first-order valence-corrected chi connectivity index (χ1v) is 8.92. The van der Waals surface area contributed by atoms with Gasteiger partial charge in [0.1, 0.15) is 6.04 Å². The molecule has 21 heavy (non-hydrogen) atoms. The molecule has 1 aliphatic carbocycles. The van der Waals surface area contributed by atoms with Crippen LogP contribution in [0, 0.1) is 13.8 Å². The number of anilines is 1. The Bertz CT molecular complexity index is 651. The lowest BCUT2D eigenvalue weighted by Gasteiger charge is -2.28. The Morgan fingerprint density at radius 3 is 2.38 bits per heavy atom. The van der Waals surface area contributed by atoms with E-state index in [0.29, 0.717) is 5.69 Å². The molecule has 0 aromatic heterocycles. The summed E-state index contributed by atoms with van der Waals surface area (Å²) in [4.78, 5) is 12.2. The van der Waals surface area contributed by atoms with Crippen LogP contribution in [0.2, 0.25) is 0 Å². The van der Waals surface area contributed by atoms with E-state index in [-0.39, 0.29) is 11.9 Å². The maximum atomic E-state index is 12.2. The van der Waals surface area contributed by atoms with Gasteiger partial charge in [0, 0.05) is 6.04 Å². The summed E-state index contributed by atoms with van der Waals surface area (Å²) < 4.78 is 25.4. The standard InChI is InChI=1S/C15H22N2O3S/c1-10-5-8-14(9-11(10)2)17(21(4,19)20)12(3)15(18)16-13-6-7-13/h5,8-9,12-13H,6-7H2,1-4H3,(H,16,18). The fourth-order valence-electron chi connectivity index (χ4n) is 2.22. The van der Waals surface area contributed by atoms with E-state index in [1.54, 1.807) is 19.1 Å². The van der Waals surface area contributed by atoms with Crippen molar-refractivity contribution in [3.8, 4) is 0 Å². The monoisotopic (exact) mass is 310 g/mol. The Hall–Kier alpha value is -1.56. The molecule has 0 aliphatic heterocycles. The average Bonchev–Trinajstić information content (AvgIpc) is 3.16. The lowest BCUT2D eigenvalue weighted by Crippen LogP contribution is -2.48. The van der Waals surface area contributed by atoms with Gasteiger partial charge >= 0.3 is 0 Å². The van der Waals surface area contributed by atoms with E-state index >= 15 is 0 Å². The first kappa shape index (κ1) is 15.8. The van der Waals surface area contributed by atoms with E-state index in [1.807, 2.05) is 19.9 Å². The second-order valence-electron chi connectivity index (χ2n) is 5.79. The lowest BCUT2D eigenvalue weighted by molar-refractivity contribution is -0.121. The number of amides is 1. The second kappa shape index (κ2) is 5.67. The zero-order valence-electron chi connectivity index (χ0n) is 12.9. The summed E-state index contributed by atoms with van der Waals surface area (Å²) in [5.74, 6) is -0.249. The predicted molar refractivity (Wildman–Crippen MR) is 83.9 cm³/mol. The highest BCUT2D eigenvalue weighted by atomic mass is 32.2. The van der Waals surface area contributed by atoms with Gasteiger partial charge in [-0.15, -0.1) is 0 Å². The maximum Gasteiger partial charge on any atom is 0.243 e. The van der Waals surface area contributed by atoms with Crippen molar-refractivity contribution in [2.24, 2.45) is 0 Å². The summed E-state index contributed by atoms with van der Waals surface area (Å²) in [5, 5.41) is 2.86. The normalized spacial score (nSPS) is 16.4. The van der Waals surface area contributed by atoms with Crippen LogP contribution in [0.4, 0.5) is 5.69 Å². The molecule has 1 aromatic rings. The summed E-state index contributed by atoms with van der Waals surface area (Å²) in [7, 11) is -3.53. The van der Waals surface area contributed by atoms with Crippen LogP contribution in [0.15, 0.2) is 18.2 Å². The van der Waals surface area contributed by atoms with Crippen LogP contribution in [0.5, 0.6) is 0 Å². The van der Waals surface area contributed by atoms with Crippen LogP contribution in [0.25, 0.3) is 0 Å². The third kappa shape index (κ3) is 3.75. The quantitative estimate of drug-likeness (QED) is 0.901. The zero-order valence-corrected chi connectivity index (χ0v) is 13.7. The Labute approximate surface area is 126 Å². The van der Waals surface area contributed by atoms with E-state index in [0.717, 1.165) is 30.2 Å². The fourth-order valence-corrected chi connectivity index (χ4v) is 3.39. The van der Waals surface area contributed by atoms with Gasteiger partial charge in [-0.1, -0.05) is 6.07 Å². The minimum absolute atomic E-state index is 0.209. The summed E-state index contributed by atoms with van der Waals surface area (Å²) in [5.41, 5.74) is 2.61. The second-order valence-corrected chi connectivity index (χ2v) is 7.65. The minimum Gasteiger partial charge on any atom is -0.352 e. The molecular formula is C15H22N2O3S. The van der Waals surface area contributed by atoms with E-state index in [9.17, 15) is 13.2 Å². The molecule has 1 amide bonds. The molecule has 6 heteroatoms. The largest absolute Gasteiger partial charge is 0.352 e. The van der Waals surface area contributed by atoms with Crippen molar-refractivity contribution in [1.82, 2.24) is 5.32 Å². The van der Waals surface area contributed by atoms with Crippen molar-refractivity contribution in [3.05, 3.63) is 29.3 Å². The van der Waals surface area contributed by atoms with Crippen LogP contribution in [-0.2, 0) is 14.8 Å². The van der Waals surface area contributed by atoms with Gasteiger partial charge in [0.25, 0.3) is 0 Å². The molecule has 1 atom stereocenters. The van der Waals surface area contributed by atoms with Crippen molar-refractivity contribution in [3.63, 3.8) is 0 Å². The van der Waals surface area contributed by atoms with Crippen LogP contribution >= 0.6 is 0 Å². The SMILES string of the molecule is Cc1ccc(N(C(C)C(=O)NC2CC2)S(C)(=O)=O)cc1C. The number of sulfonamides is 1. The number of nitrogens with zero attached hydrogens (tertiary/aromatic N) is 1. The van der Waals surface area contributed by atoms with E-state index < -0.39 is 16.1 Å². The molecular weight excluding hydrogens is 288 g/mol. The average molecular weight is 310 g/mol. The van der Waals surface area contributed by atoms with Crippen LogP contribution in [0.1, 0.15) is 30.9 Å². The Morgan fingerprint density at radius 2 is 1.90 bits per heavy atom. The van der Waals surface area contributed by atoms with Gasteiger partial charge < -0.3 is 5.32 Å².